The zero-order valence-corrected chi connectivity index (χ0v) is 13.2. The fourth-order valence-corrected chi connectivity index (χ4v) is 5.04. The first-order valence-corrected chi connectivity index (χ1v) is 9.18. The number of fused-ring (bicyclic) bond motifs is 1. The van der Waals surface area contributed by atoms with Gasteiger partial charge in [0.25, 0.3) is 0 Å². The molecule has 2 heteroatoms. The monoisotopic (exact) mass is 287 g/mol. The lowest BCUT2D eigenvalue weighted by atomic mass is 9.75. The molecule has 0 amide bonds. The van der Waals surface area contributed by atoms with Crippen LogP contribution in [0.25, 0.3) is 0 Å². The molecule has 2 saturated carbocycles. The Hall–Kier alpha value is -0.470. The standard InChI is InChI=1S/C18H25NS/c1-18(14-6-7-14,12-19-15-8-9-15)10-13-11-20-17-5-3-2-4-16(13)17/h2-5,13-15,19H,6-12H2,1H3. The van der Waals surface area contributed by atoms with Crippen LogP contribution in [0.3, 0.4) is 0 Å². The summed E-state index contributed by atoms with van der Waals surface area (Å²) in [6.45, 7) is 3.79. The van der Waals surface area contributed by atoms with E-state index in [0.29, 0.717) is 5.41 Å². The van der Waals surface area contributed by atoms with E-state index >= 15 is 0 Å². The van der Waals surface area contributed by atoms with Crippen molar-refractivity contribution in [3.63, 3.8) is 0 Å². The fraction of sp³-hybridized carbons (Fsp3) is 0.667. The molecular formula is C18H25NS. The van der Waals surface area contributed by atoms with Crippen molar-refractivity contribution in [2.75, 3.05) is 12.3 Å². The highest BCUT2D eigenvalue weighted by atomic mass is 32.2. The Morgan fingerprint density at radius 3 is 2.75 bits per heavy atom. The molecular weight excluding hydrogens is 262 g/mol. The Labute approximate surface area is 126 Å². The van der Waals surface area contributed by atoms with Crippen molar-refractivity contribution in [3.05, 3.63) is 29.8 Å². The molecule has 0 saturated heterocycles. The summed E-state index contributed by atoms with van der Waals surface area (Å²) in [4.78, 5) is 1.53. The van der Waals surface area contributed by atoms with Gasteiger partial charge < -0.3 is 5.32 Å². The maximum absolute atomic E-state index is 3.81. The molecule has 1 heterocycles. The molecule has 1 aromatic carbocycles. The van der Waals surface area contributed by atoms with Gasteiger partial charge in [-0.1, -0.05) is 25.1 Å². The van der Waals surface area contributed by atoms with Gasteiger partial charge in [0.2, 0.25) is 0 Å². The first-order valence-electron chi connectivity index (χ1n) is 8.20. The molecule has 0 bridgehead atoms. The molecule has 1 aromatic rings. The summed E-state index contributed by atoms with van der Waals surface area (Å²) >= 11 is 2.07. The number of hydrogen-bond donors (Lipinski definition) is 1. The van der Waals surface area contributed by atoms with Crippen molar-refractivity contribution in [2.24, 2.45) is 11.3 Å². The predicted molar refractivity (Wildman–Crippen MR) is 86.4 cm³/mol. The van der Waals surface area contributed by atoms with Crippen LogP contribution in [0.5, 0.6) is 0 Å². The minimum absolute atomic E-state index is 0.519. The van der Waals surface area contributed by atoms with E-state index in [1.165, 1.54) is 49.3 Å². The fourth-order valence-electron chi connectivity index (χ4n) is 3.79. The van der Waals surface area contributed by atoms with Crippen LogP contribution in [0.15, 0.2) is 29.2 Å². The van der Waals surface area contributed by atoms with Crippen molar-refractivity contribution < 1.29 is 0 Å². The second-order valence-electron chi connectivity index (χ2n) is 7.33. The number of rotatable bonds is 6. The number of benzene rings is 1. The summed E-state index contributed by atoms with van der Waals surface area (Å²) in [6, 6.07) is 9.91. The van der Waals surface area contributed by atoms with E-state index < -0.39 is 0 Å². The first-order chi connectivity index (χ1) is 9.74. The molecule has 2 atom stereocenters. The molecule has 2 unspecified atom stereocenters. The lowest BCUT2D eigenvalue weighted by molar-refractivity contribution is 0.222. The van der Waals surface area contributed by atoms with Gasteiger partial charge in [0.05, 0.1) is 0 Å². The Morgan fingerprint density at radius 1 is 1.20 bits per heavy atom. The molecule has 4 rings (SSSR count). The molecule has 3 aliphatic rings. The van der Waals surface area contributed by atoms with Crippen molar-refractivity contribution in [3.8, 4) is 0 Å². The Morgan fingerprint density at radius 2 is 2.00 bits per heavy atom. The Balaban J connectivity index is 1.47. The van der Waals surface area contributed by atoms with Gasteiger partial charge >= 0.3 is 0 Å². The third-order valence-electron chi connectivity index (χ3n) is 5.45. The van der Waals surface area contributed by atoms with Crippen LogP contribution in [0, 0.1) is 11.3 Å². The topological polar surface area (TPSA) is 12.0 Å². The lowest BCUT2D eigenvalue weighted by Crippen LogP contribution is -2.36. The molecule has 1 nitrogen and oxygen atoms in total. The van der Waals surface area contributed by atoms with Gasteiger partial charge in [-0.15, -0.1) is 11.8 Å². The molecule has 0 aromatic heterocycles. The van der Waals surface area contributed by atoms with Crippen LogP contribution in [-0.4, -0.2) is 18.3 Å². The zero-order valence-electron chi connectivity index (χ0n) is 12.4. The summed E-state index contributed by atoms with van der Waals surface area (Å²) in [5, 5.41) is 3.81. The minimum Gasteiger partial charge on any atom is -0.313 e. The second kappa shape index (κ2) is 5.06. The summed E-state index contributed by atoms with van der Waals surface area (Å²) in [7, 11) is 0. The van der Waals surface area contributed by atoms with Gasteiger partial charge in [0, 0.05) is 23.2 Å². The molecule has 0 radical (unpaired) electrons. The van der Waals surface area contributed by atoms with Crippen LogP contribution in [0.2, 0.25) is 0 Å². The number of thioether (sulfide) groups is 1. The highest BCUT2D eigenvalue weighted by Crippen LogP contribution is 2.53. The van der Waals surface area contributed by atoms with Crippen molar-refractivity contribution >= 4 is 11.8 Å². The quantitative estimate of drug-likeness (QED) is 0.830. The maximum atomic E-state index is 3.81. The predicted octanol–water partition coefficient (Wildman–Crippen LogP) is 4.43. The van der Waals surface area contributed by atoms with Crippen molar-refractivity contribution in [1.82, 2.24) is 5.32 Å². The molecule has 1 N–H and O–H groups in total. The third-order valence-corrected chi connectivity index (χ3v) is 6.70. The lowest BCUT2D eigenvalue weighted by Gasteiger charge is -2.33. The first kappa shape index (κ1) is 13.2. The van der Waals surface area contributed by atoms with Crippen molar-refractivity contribution in [1.29, 1.82) is 0 Å². The summed E-state index contributed by atoms with van der Waals surface area (Å²) in [6.07, 6.45) is 7.11. The normalized spacial score (nSPS) is 28.1. The Bertz CT molecular complexity index is 492. The van der Waals surface area contributed by atoms with E-state index in [-0.39, 0.29) is 0 Å². The largest absolute Gasteiger partial charge is 0.313 e. The van der Waals surface area contributed by atoms with Gasteiger partial charge in [0.15, 0.2) is 0 Å². The Kier molecular flexibility index (Phi) is 3.35. The molecule has 2 aliphatic carbocycles. The highest BCUT2D eigenvalue weighted by Gasteiger charge is 2.44. The van der Waals surface area contributed by atoms with E-state index in [0.717, 1.165) is 17.9 Å². The van der Waals surface area contributed by atoms with E-state index in [4.69, 9.17) is 0 Å². The van der Waals surface area contributed by atoms with Gasteiger partial charge in [0.1, 0.15) is 0 Å². The molecule has 20 heavy (non-hydrogen) atoms. The summed E-state index contributed by atoms with van der Waals surface area (Å²) in [5.74, 6) is 3.06. The van der Waals surface area contributed by atoms with E-state index in [9.17, 15) is 0 Å². The van der Waals surface area contributed by atoms with Crippen LogP contribution in [-0.2, 0) is 0 Å². The van der Waals surface area contributed by atoms with Gasteiger partial charge in [-0.3, -0.25) is 0 Å². The van der Waals surface area contributed by atoms with E-state index in [2.05, 4.69) is 48.3 Å². The van der Waals surface area contributed by atoms with Crippen LogP contribution in [0.1, 0.15) is 50.5 Å². The summed E-state index contributed by atoms with van der Waals surface area (Å²) in [5.41, 5.74) is 2.14. The number of nitrogens with one attached hydrogen (secondary N) is 1. The van der Waals surface area contributed by atoms with Crippen LogP contribution >= 0.6 is 11.8 Å². The van der Waals surface area contributed by atoms with E-state index in [1.54, 1.807) is 5.56 Å². The summed E-state index contributed by atoms with van der Waals surface area (Å²) < 4.78 is 0. The smallest absolute Gasteiger partial charge is 0.0107 e. The SMILES string of the molecule is CC(CNC1CC1)(CC1CSc2ccccc21)C1CC1. The third kappa shape index (κ3) is 2.65. The molecule has 1 aliphatic heterocycles. The van der Waals surface area contributed by atoms with Gasteiger partial charge in [-0.2, -0.15) is 0 Å². The van der Waals surface area contributed by atoms with Crippen LogP contribution < -0.4 is 5.32 Å². The molecule has 108 valence electrons. The number of hydrogen-bond acceptors (Lipinski definition) is 2. The average Bonchev–Trinajstić information content (AvgIpc) is 3.36. The van der Waals surface area contributed by atoms with Crippen molar-refractivity contribution in [2.45, 2.75) is 55.9 Å². The van der Waals surface area contributed by atoms with Gasteiger partial charge in [-0.25, -0.2) is 0 Å². The molecule has 0 spiro atoms. The maximum Gasteiger partial charge on any atom is 0.0107 e. The highest BCUT2D eigenvalue weighted by molar-refractivity contribution is 7.99. The van der Waals surface area contributed by atoms with Gasteiger partial charge in [-0.05, 0) is 61.0 Å². The van der Waals surface area contributed by atoms with E-state index in [1.807, 2.05) is 0 Å². The zero-order chi connectivity index (χ0) is 13.6. The molecule has 2 fully saturated rings. The minimum atomic E-state index is 0.519. The average molecular weight is 287 g/mol. The second-order valence-corrected chi connectivity index (χ2v) is 8.40. The van der Waals surface area contributed by atoms with Crippen LogP contribution in [0.4, 0.5) is 0 Å².